The Hall–Kier alpha value is -2.37. The first-order valence-corrected chi connectivity index (χ1v) is 7.12. The van der Waals surface area contributed by atoms with E-state index in [2.05, 4.69) is 0 Å². The number of hydrogen-bond donors (Lipinski definition) is 0. The molecule has 1 aromatic heterocycles. The monoisotopic (exact) mass is 322 g/mol. The topological polar surface area (TPSA) is 47.3 Å². The van der Waals surface area contributed by atoms with Gasteiger partial charge in [-0.05, 0) is 41.8 Å². The third-order valence-electron chi connectivity index (χ3n) is 3.90. The van der Waals surface area contributed by atoms with Crippen molar-refractivity contribution < 1.29 is 27.2 Å². The summed E-state index contributed by atoms with van der Waals surface area (Å²) in [6, 6.07) is 6.74. The quantitative estimate of drug-likeness (QED) is 0.771. The molecule has 3 nitrogen and oxygen atoms in total. The first kappa shape index (κ1) is 15.5. The number of ketones is 2. The van der Waals surface area contributed by atoms with Gasteiger partial charge in [-0.15, -0.1) is 0 Å². The second kappa shape index (κ2) is 5.68. The molecule has 1 aromatic carbocycles. The van der Waals surface area contributed by atoms with Crippen molar-refractivity contribution in [1.82, 2.24) is 0 Å². The Bertz CT molecular complexity index is 729. The van der Waals surface area contributed by atoms with Gasteiger partial charge in [0.05, 0.1) is 18.2 Å². The molecule has 0 atom stereocenters. The summed E-state index contributed by atoms with van der Waals surface area (Å²) in [7, 11) is 0. The number of carbonyl (C=O) groups is 2. The molecule has 0 radical (unpaired) electrons. The Morgan fingerprint density at radius 2 is 1.74 bits per heavy atom. The van der Waals surface area contributed by atoms with Gasteiger partial charge in [-0.2, -0.15) is 13.2 Å². The summed E-state index contributed by atoms with van der Waals surface area (Å²) < 4.78 is 44.6. The molecule has 3 rings (SSSR count). The van der Waals surface area contributed by atoms with Crippen LogP contribution in [0.15, 0.2) is 41.0 Å². The van der Waals surface area contributed by atoms with Crippen LogP contribution in [-0.2, 0) is 15.8 Å². The summed E-state index contributed by atoms with van der Waals surface area (Å²) in [5.74, 6) is -0.669. The molecule has 1 heterocycles. The third-order valence-corrected chi connectivity index (χ3v) is 3.90. The van der Waals surface area contributed by atoms with Gasteiger partial charge < -0.3 is 4.42 Å². The van der Waals surface area contributed by atoms with Crippen molar-refractivity contribution >= 4 is 11.6 Å². The second-order valence-corrected chi connectivity index (χ2v) is 5.68. The largest absolute Gasteiger partial charge is 0.464 e. The highest BCUT2D eigenvalue weighted by atomic mass is 19.4. The highest BCUT2D eigenvalue weighted by Crippen LogP contribution is 2.38. The molecule has 1 fully saturated rings. The molecular formula is C17H13F3O3. The SMILES string of the molecule is O=C1CC(=O)CC(c2cc(-c3ccco3)cc(C(F)(F)F)c2)C1. The van der Waals surface area contributed by atoms with Crippen LogP contribution in [0.3, 0.4) is 0 Å². The fourth-order valence-electron chi connectivity index (χ4n) is 2.86. The number of benzene rings is 1. The van der Waals surface area contributed by atoms with Crippen LogP contribution < -0.4 is 0 Å². The molecule has 23 heavy (non-hydrogen) atoms. The molecule has 0 saturated heterocycles. The molecule has 6 heteroatoms. The van der Waals surface area contributed by atoms with E-state index in [1.165, 1.54) is 6.26 Å². The van der Waals surface area contributed by atoms with Gasteiger partial charge in [0.1, 0.15) is 17.3 Å². The maximum atomic E-state index is 13.1. The Morgan fingerprint density at radius 3 is 2.30 bits per heavy atom. The summed E-state index contributed by atoms with van der Waals surface area (Å²) in [6.07, 6.45) is -3.08. The molecule has 0 aliphatic heterocycles. The number of furan rings is 1. The van der Waals surface area contributed by atoms with Crippen LogP contribution in [0.1, 0.15) is 36.3 Å². The number of alkyl halides is 3. The van der Waals surface area contributed by atoms with Gasteiger partial charge in [0.15, 0.2) is 0 Å². The zero-order valence-corrected chi connectivity index (χ0v) is 12.0. The standard InChI is InChI=1S/C17H13F3O3/c18-17(19,20)13-5-10(11-7-14(21)9-15(22)8-11)4-12(6-13)16-2-1-3-23-16/h1-6,11H,7-9H2. The minimum Gasteiger partial charge on any atom is -0.464 e. The number of rotatable bonds is 2. The summed E-state index contributed by atoms with van der Waals surface area (Å²) in [5, 5.41) is 0. The fourth-order valence-corrected chi connectivity index (χ4v) is 2.86. The van der Waals surface area contributed by atoms with E-state index in [1.807, 2.05) is 0 Å². The number of halogens is 3. The normalized spacial score (nSPS) is 16.8. The van der Waals surface area contributed by atoms with Crippen molar-refractivity contribution in [1.29, 1.82) is 0 Å². The Labute approximate surface area is 130 Å². The minimum atomic E-state index is -4.51. The lowest BCUT2D eigenvalue weighted by Crippen LogP contribution is -2.21. The average molecular weight is 322 g/mol. The van der Waals surface area contributed by atoms with Crippen molar-refractivity contribution in [2.24, 2.45) is 0 Å². The lowest BCUT2D eigenvalue weighted by molar-refractivity contribution is -0.137. The Balaban J connectivity index is 2.07. The van der Waals surface area contributed by atoms with E-state index in [9.17, 15) is 22.8 Å². The summed E-state index contributed by atoms with van der Waals surface area (Å²) >= 11 is 0. The zero-order chi connectivity index (χ0) is 16.6. The lowest BCUT2D eigenvalue weighted by atomic mass is 9.81. The summed E-state index contributed by atoms with van der Waals surface area (Å²) in [4.78, 5) is 23.2. The van der Waals surface area contributed by atoms with Crippen molar-refractivity contribution in [2.75, 3.05) is 0 Å². The highest BCUT2D eigenvalue weighted by Gasteiger charge is 2.33. The Morgan fingerprint density at radius 1 is 1.04 bits per heavy atom. The lowest BCUT2D eigenvalue weighted by Gasteiger charge is -2.22. The van der Waals surface area contributed by atoms with Crippen LogP contribution in [0, 0.1) is 0 Å². The van der Waals surface area contributed by atoms with Gasteiger partial charge in [-0.1, -0.05) is 0 Å². The van der Waals surface area contributed by atoms with Crippen LogP contribution in [0.5, 0.6) is 0 Å². The minimum absolute atomic E-state index is 0.0879. The van der Waals surface area contributed by atoms with Gasteiger partial charge in [0, 0.05) is 18.4 Å². The fraction of sp³-hybridized carbons (Fsp3) is 0.294. The molecule has 0 N–H and O–H groups in total. The van der Waals surface area contributed by atoms with Gasteiger partial charge >= 0.3 is 6.18 Å². The van der Waals surface area contributed by atoms with Crippen molar-refractivity contribution in [3.05, 3.63) is 47.7 Å². The van der Waals surface area contributed by atoms with Crippen LogP contribution in [-0.4, -0.2) is 11.6 Å². The number of hydrogen-bond acceptors (Lipinski definition) is 3. The van der Waals surface area contributed by atoms with Crippen LogP contribution in [0.2, 0.25) is 0 Å². The molecule has 1 saturated carbocycles. The number of carbonyl (C=O) groups excluding carboxylic acids is 2. The predicted octanol–water partition coefficient (Wildman–Crippen LogP) is 4.37. The maximum Gasteiger partial charge on any atom is 0.416 e. The zero-order valence-electron chi connectivity index (χ0n) is 12.0. The van der Waals surface area contributed by atoms with Gasteiger partial charge in [0.2, 0.25) is 0 Å². The molecule has 1 aliphatic rings. The van der Waals surface area contributed by atoms with Crippen LogP contribution in [0.25, 0.3) is 11.3 Å². The predicted molar refractivity (Wildman–Crippen MR) is 75.8 cm³/mol. The second-order valence-electron chi connectivity index (χ2n) is 5.68. The molecule has 0 spiro atoms. The molecule has 0 amide bonds. The molecule has 1 aliphatic carbocycles. The smallest absolute Gasteiger partial charge is 0.416 e. The van der Waals surface area contributed by atoms with E-state index >= 15 is 0 Å². The number of Topliss-reactive ketones (excluding diaryl/α,β-unsaturated/α-hetero) is 2. The van der Waals surface area contributed by atoms with Gasteiger partial charge in [-0.25, -0.2) is 0 Å². The maximum absolute atomic E-state index is 13.1. The molecule has 0 unspecified atom stereocenters. The first-order chi connectivity index (χ1) is 10.8. The third kappa shape index (κ3) is 3.36. The van der Waals surface area contributed by atoms with E-state index in [1.54, 1.807) is 18.2 Å². The Kier molecular flexibility index (Phi) is 3.83. The summed E-state index contributed by atoms with van der Waals surface area (Å²) in [5.41, 5.74) is -0.190. The average Bonchev–Trinajstić information content (AvgIpc) is 2.99. The van der Waals surface area contributed by atoms with E-state index in [-0.39, 0.29) is 36.4 Å². The molecule has 120 valence electrons. The van der Waals surface area contributed by atoms with Crippen molar-refractivity contribution in [3.63, 3.8) is 0 Å². The molecule has 0 bridgehead atoms. The van der Waals surface area contributed by atoms with Crippen LogP contribution >= 0.6 is 0 Å². The van der Waals surface area contributed by atoms with Gasteiger partial charge in [0.25, 0.3) is 0 Å². The van der Waals surface area contributed by atoms with E-state index < -0.39 is 17.7 Å². The van der Waals surface area contributed by atoms with Crippen LogP contribution in [0.4, 0.5) is 13.2 Å². The highest BCUT2D eigenvalue weighted by molar-refractivity contribution is 6.02. The van der Waals surface area contributed by atoms with Crippen molar-refractivity contribution in [3.8, 4) is 11.3 Å². The van der Waals surface area contributed by atoms with E-state index in [4.69, 9.17) is 4.42 Å². The van der Waals surface area contributed by atoms with Gasteiger partial charge in [-0.3, -0.25) is 9.59 Å². The van der Waals surface area contributed by atoms with E-state index in [0.717, 1.165) is 12.1 Å². The van der Waals surface area contributed by atoms with Crippen molar-refractivity contribution in [2.45, 2.75) is 31.4 Å². The van der Waals surface area contributed by atoms with E-state index in [0.29, 0.717) is 11.3 Å². The molecule has 2 aromatic rings. The molecular weight excluding hydrogens is 309 g/mol. The first-order valence-electron chi connectivity index (χ1n) is 7.12. The summed E-state index contributed by atoms with van der Waals surface area (Å²) in [6.45, 7) is 0.